The topological polar surface area (TPSA) is 118 Å². The van der Waals surface area contributed by atoms with Gasteiger partial charge in [-0.3, -0.25) is 0 Å². The molecular formula is C11H18ClN3O4S2. The van der Waals surface area contributed by atoms with E-state index in [4.69, 9.17) is 17.3 Å². The van der Waals surface area contributed by atoms with Crippen LogP contribution in [0, 0.1) is 6.92 Å². The number of aryl methyl sites for hydroxylation is 1. The molecule has 7 nitrogen and oxygen atoms in total. The summed E-state index contributed by atoms with van der Waals surface area (Å²) in [6.45, 7) is 1.95. The van der Waals surface area contributed by atoms with Gasteiger partial charge in [0.2, 0.25) is 20.0 Å². The molecule has 0 aliphatic carbocycles. The van der Waals surface area contributed by atoms with E-state index >= 15 is 0 Å². The van der Waals surface area contributed by atoms with Crippen LogP contribution in [0.15, 0.2) is 17.0 Å². The molecule has 21 heavy (non-hydrogen) atoms. The third kappa shape index (κ3) is 5.79. The second-order valence-corrected chi connectivity index (χ2v) is 8.53. The van der Waals surface area contributed by atoms with Gasteiger partial charge >= 0.3 is 0 Å². The van der Waals surface area contributed by atoms with Crippen molar-refractivity contribution in [2.75, 3.05) is 25.1 Å². The number of nitrogen functional groups attached to an aromatic ring is 1. The molecule has 0 spiro atoms. The van der Waals surface area contributed by atoms with Gasteiger partial charge in [-0.1, -0.05) is 11.6 Å². The van der Waals surface area contributed by atoms with E-state index < -0.39 is 20.0 Å². The number of hydrogen-bond acceptors (Lipinski definition) is 5. The summed E-state index contributed by atoms with van der Waals surface area (Å²) in [5.41, 5.74) is 6.71. The molecule has 1 aromatic rings. The van der Waals surface area contributed by atoms with Gasteiger partial charge in [0, 0.05) is 18.8 Å². The van der Waals surface area contributed by atoms with Gasteiger partial charge in [0.25, 0.3) is 0 Å². The van der Waals surface area contributed by atoms with E-state index in [1.165, 1.54) is 12.1 Å². The zero-order valence-electron chi connectivity index (χ0n) is 11.7. The van der Waals surface area contributed by atoms with Gasteiger partial charge in [-0.25, -0.2) is 26.3 Å². The molecule has 120 valence electrons. The largest absolute Gasteiger partial charge is 0.398 e. The van der Waals surface area contributed by atoms with Crippen LogP contribution in [0.1, 0.15) is 12.0 Å². The molecule has 0 aromatic heterocycles. The average Bonchev–Trinajstić information content (AvgIpc) is 2.31. The highest BCUT2D eigenvalue weighted by molar-refractivity contribution is 7.89. The van der Waals surface area contributed by atoms with Gasteiger partial charge in [-0.15, -0.1) is 0 Å². The molecular weight excluding hydrogens is 338 g/mol. The highest BCUT2D eigenvalue weighted by Gasteiger charge is 2.18. The molecule has 0 saturated carbocycles. The van der Waals surface area contributed by atoms with Gasteiger partial charge in [0.05, 0.1) is 11.3 Å². The van der Waals surface area contributed by atoms with Crippen LogP contribution < -0.4 is 15.2 Å². The third-order valence-electron chi connectivity index (χ3n) is 2.62. The first-order chi connectivity index (χ1) is 9.53. The average molecular weight is 356 g/mol. The van der Waals surface area contributed by atoms with Crippen molar-refractivity contribution in [2.45, 2.75) is 18.2 Å². The van der Waals surface area contributed by atoms with E-state index in [0.29, 0.717) is 17.7 Å². The molecule has 0 radical (unpaired) electrons. The molecule has 0 aliphatic rings. The Balaban J connectivity index is 2.68. The molecule has 10 heteroatoms. The normalized spacial score (nSPS) is 12.5. The van der Waals surface area contributed by atoms with Crippen LogP contribution in [-0.2, 0) is 20.0 Å². The minimum absolute atomic E-state index is 0.0783. The number of halogens is 1. The lowest BCUT2D eigenvalue weighted by molar-refractivity contribution is 0.575. The monoisotopic (exact) mass is 355 g/mol. The van der Waals surface area contributed by atoms with Crippen molar-refractivity contribution in [1.29, 1.82) is 0 Å². The van der Waals surface area contributed by atoms with E-state index in [1.807, 2.05) is 0 Å². The Morgan fingerprint density at radius 3 is 2.29 bits per heavy atom. The molecule has 0 heterocycles. The van der Waals surface area contributed by atoms with Crippen molar-refractivity contribution in [2.24, 2.45) is 0 Å². The number of nitrogens with one attached hydrogen (secondary N) is 2. The van der Waals surface area contributed by atoms with E-state index in [-0.39, 0.29) is 23.0 Å². The lowest BCUT2D eigenvalue weighted by Crippen LogP contribution is -2.29. The van der Waals surface area contributed by atoms with E-state index in [0.717, 1.165) is 6.26 Å². The summed E-state index contributed by atoms with van der Waals surface area (Å²) in [5, 5.41) is 0.0865. The summed E-state index contributed by atoms with van der Waals surface area (Å²) in [6, 6.07) is 2.78. The first kappa shape index (κ1) is 18.2. The Morgan fingerprint density at radius 2 is 1.71 bits per heavy atom. The molecule has 4 N–H and O–H groups in total. The number of benzene rings is 1. The standard InChI is InChI=1S/C11H18ClN3O4S2/c1-8-6-9(12)11(7-10(8)13)21(18,19)15-5-3-4-14-20(2,16)17/h6-7,14-15H,3-5,13H2,1-2H3. The predicted octanol–water partition coefficient (Wildman–Crippen LogP) is 0.448. The minimum atomic E-state index is -3.79. The third-order valence-corrected chi connectivity index (χ3v) is 5.27. The first-order valence-corrected chi connectivity index (χ1v) is 9.78. The zero-order chi connectivity index (χ0) is 16.3. The van der Waals surface area contributed by atoms with Gasteiger partial charge in [-0.05, 0) is 31.0 Å². The Hall–Kier alpha value is -0.870. The second kappa shape index (κ2) is 6.93. The van der Waals surface area contributed by atoms with Crippen molar-refractivity contribution in [1.82, 2.24) is 9.44 Å². The predicted molar refractivity (Wildman–Crippen MR) is 83.3 cm³/mol. The molecule has 1 aromatic carbocycles. The zero-order valence-corrected chi connectivity index (χ0v) is 14.1. The fourth-order valence-electron chi connectivity index (χ4n) is 1.50. The number of rotatable bonds is 7. The number of sulfonamides is 2. The molecule has 1 rings (SSSR count). The fourth-order valence-corrected chi connectivity index (χ4v) is 3.71. The van der Waals surface area contributed by atoms with Crippen LogP contribution in [0.4, 0.5) is 5.69 Å². The van der Waals surface area contributed by atoms with Crippen molar-refractivity contribution < 1.29 is 16.8 Å². The van der Waals surface area contributed by atoms with E-state index in [9.17, 15) is 16.8 Å². The summed E-state index contributed by atoms with van der Waals surface area (Å²) in [4.78, 5) is -0.0941. The van der Waals surface area contributed by atoms with Crippen molar-refractivity contribution >= 4 is 37.3 Å². The van der Waals surface area contributed by atoms with Gasteiger partial charge in [0.1, 0.15) is 4.90 Å². The smallest absolute Gasteiger partial charge is 0.242 e. The lowest BCUT2D eigenvalue weighted by atomic mass is 10.2. The molecule has 0 aliphatic heterocycles. The van der Waals surface area contributed by atoms with Crippen molar-refractivity contribution in [3.8, 4) is 0 Å². The maximum absolute atomic E-state index is 12.1. The number of anilines is 1. The van der Waals surface area contributed by atoms with Gasteiger partial charge in [-0.2, -0.15) is 0 Å². The van der Waals surface area contributed by atoms with Crippen molar-refractivity contribution in [3.05, 3.63) is 22.7 Å². The molecule has 0 saturated heterocycles. The Labute approximate surface area is 130 Å². The molecule has 0 unspecified atom stereocenters. The summed E-state index contributed by atoms with van der Waals surface area (Å²) >= 11 is 5.92. The summed E-state index contributed by atoms with van der Waals surface area (Å²) < 4.78 is 50.5. The highest BCUT2D eigenvalue weighted by Crippen LogP contribution is 2.26. The number of hydrogen-bond donors (Lipinski definition) is 3. The Kier molecular flexibility index (Phi) is 6.00. The number of nitrogens with two attached hydrogens (primary N) is 1. The Morgan fingerprint density at radius 1 is 1.14 bits per heavy atom. The van der Waals surface area contributed by atoms with Crippen LogP contribution in [0.5, 0.6) is 0 Å². The highest BCUT2D eigenvalue weighted by atomic mass is 35.5. The van der Waals surface area contributed by atoms with Crippen LogP contribution in [0.3, 0.4) is 0 Å². The molecule has 0 amide bonds. The van der Waals surface area contributed by atoms with Crippen LogP contribution >= 0.6 is 11.6 Å². The molecule has 0 bridgehead atoms. The summed E-state index contributed by atoms with van der Waals surface area (Å²) in [6.07, 6.45) is 1.34. The summed E-state index contributed by atoms with van der Waals surface area (Å²) in [5.74, 6) is 0. The van der Waals surface area contributed by atoms with Crippen LogP contribution in [-0.4, -0.2) is 36.2 Å². The van der Waals surface area contributed by atoms with Gasteiger partial charge in [0.15, 0.2) is 0 Å². The maximum Gasteiger partial charge on any atom is 0.242 e. The lowest BCUT2D eigenvalue weighted by Gasteiger charge is -2.10. The SMILES string of the molecule is Cc1cc(Cl)c(S(=O)(=O)NCCCNS(C)(=O)=O)cc1N. The van der Waals surface area contributed by atoms with Crippen LogP contribution in [0.25, 0.3) is 0 Å². The van der Waals surface area contributed by atoms with Gasteiger partial charge < -0.3 is 5.73 Å². The van der Waals surface area contributed by atoms with E-state index in [2.05, 4.69) is 9.44 Å². The fraction of sp³-hybridized carbons (Fsp3) is 0.455. The maximum atomic E-state index is 12.1. The second-order valence-electron chi connectivity index (χ2n) is 4.56. The Bertz CT molecular complexity index is 717. The van der Waals surface area contributed by atoms with E-state index in [1.54, 1.807) is 6.92 Å². The molecule has 0 fully saturated rings. The summed E-state index contributed by atoms with van der Waals surface area (Å²) in [7, 11) is -7.06. The minimum Gasteiger partial charge on any atom is -0.398 e. The molecule has 0 atom stereocenters. The van der Waals surface area contributed by atoms with Crippen LogP contribution in [0.2, 0.25) is 5.02 Å². The van der Waals surface area contributed by atoms with Crippen molar-refractivity contribution in [3.63, 3.8) is 0 Å². The first-order valence-electron chi connectivity index (χ1n) is 6.03. The quantitative estimate of drug-likeness (QED) is 0.484.